The number of carbonyl (C=O) groups is 1. The third-order valence-electron chi connectivity index (χ3n) is 3.64. The maximum absolute atomic E-state index is 12.0. The summed E-state index contributed by atoms with van der Waals surface area (Å²) in [6.07, 6.45) is -3.93. The number of phenols is 1. The topological polar surface area (TPSA) is 155 Å². The largest absolute Gasteiger partial charge is 0.502 e. The molecule has 10 heteroatoms. The number of ether oxygens (including phenoxy) is 4. The van der Waals surface area contributed by atoms with Crippen molar-refractivity contribution in [2.75, 3.05) is 27.4 Å². The smallest absolute Gasteiger partial charge is 0.333 e. The molecule has 5 N–H and O–H groups in total. The number of aliphatic hydroxyl groups is 4. The van der Waals surface area contributed by atoms with Crippen LogP contribution in [-0.2, 0) is 14.3 Å². The first-order valence-electron chi connectivity index (χ1n) is 8.35. The fraction of sp³-hybridized carbons (Fsp3) is 0.500. The zero-order valence-corrected chi connectivity index (χ0v) is 15.8. The first-order chi connectivity index (χ1) is 13.2. The minimum absolute atomic E-state index is 0.131. The van der Waals surface area contributed by atoms with Crippen molar-refractivity contribution in [3.63, 3.8) is 0 Å². The lowest BCUT2D eigenvalue weighted by Crippen LogP contribution is -2.46. The Kier molecular flexibility index (Phi) is 9.69. The molecule has 0 radical (unpaired) electrons. The van der Waals surface area contributed by atoms with Gasteiger partial charge in [0.05, 0.1) is 33.5 Å². The molecule has 10 nitrogen and oxygen atoms in total. The van der Waals surface area contributed by atoms with Crippen LogP contribution in [0.5, 0.6) is 17.2 Å². The first-order valence-corrected chi connectivity index (χ1v) is 8.35. The second kappa shape index (κ2) is 11.5. The Balaban J connectivity index is 2.91. The SMILES string of the molecule is COc1cc(/C=C/C(=O)OC(OCCO)C(O)C(O)C(C)O)cc(OC)c1O. The average Bonchev–Trinajstić information content (AvgIpc) is 2.68. The predicted octanol–water partition coefficient (Wildman–Crippen LogP) is -0.597. The van der Waals surface area contributed by atoms with Gasteiger partial charge in [-0.3, -0.25) is 0 Å². The molecule has 1 rings (SSSR count). The van der Waals surface area contributed by atoms with Gasteiger partial charge in [-0.25, -0.2) is 4.79 Å². The van der Waals surface area contributed by atoms with Crippen LogP contribution in [0.3, 0.4) is 0 Å². The van der Waals surface area contributed by atoms with Crippen LogP contribution in [0.25, 0.3) is 6.08 Å². The molecule has 0 bridgehead atoms. The number of aromatic hydroxyl groups is 1. The van der Waals surface area contributed by atoms with Gasteiger partial charge in [-0.2, -0.15) is 0 Å². The Morgan fingerprint density at radius 2 is 1.68 bits per heavy atom. The van der Waals surface area contributed by atoms with Gasteiger partial charge in [0.1, 0.15) is 12.2 Å². The summed E-state index contributed by atoms with van der Waals surface area (Å²) in [5, 5.41) is 47.8. The summed E-state index contributed by atoms with van der Waals surface area (Å²) in [7, 11) is 2.71. The van der Waals surface area contributed by atoms with Gasteiger partial charge in [0, 0.05) is 6.08 Å². The molecule has 0 saturated heterocycles. The van der Waals surface area contributed by atoms with E-state index in [1.54, 1.807) is 0 Å². The van der Waals surface area contributed by atoms with E-state index in [9.17, 15) is 25.2 Å². The van der Waals surface area contributed by atoms with Gasteiger partial charge < -0.3 is 44.5 Å². The monoisotopic (exact) mass is 402 g/mol. The molecule has 0 heterocycles. The number of benzene rings is 1. The molecule has 0 aliphatic carbocycles. The van der Waals surface area contributed by atoms with Gasteiger partial charge in [-0.05, 0) is 30.7 Å². The maximum Gasteiger partial charge on any atom is 0.333 e. The number of esters is 1. The number of hydrogen-bond acceptors (Lipinski definition) is 10. The van der Waals surface area contributed by atoms with Crippen molar-refractivity contribution in [1.29, 1.82) is 0 Å². The van der Waals surface area contributed by atoms with Crippen LogP contribution in [0.2, 0.25) is 0 Å². The Labute approximate surface area is 162 Å². The Morgan fingerprint density at radius 1 is 1.11 bits per heavy atom. The van der Waals surface area contributed by atoms with E-state index < -0.39 is 37.2 Å². The number of phenolic OH excluding ortho intramolecular Hbond substituents is 1. The Hall–Kier alpha value is -2.37. The molecule has 158 valence electrons. The maximum atomic E-state index is 12.0. The van der Waals surface area contributed by atoms with Gasteiger partial charge >= 0.3 is 5.97 Å². The fourth-order valence-corrected chi connectivity index (χ4v) is 2.15. The van der Waals surface area contributed by atoms with Crippen molar-refractivity contribution in [2.45, 2.75) is 31.5 Å². The second-order valence-electron chi connectivity index (χ2n) is 5.73. The summed E-state index contributed by atoms with van der Waals surface area (Å²) < 4.78 is 20.0. The number of rotatable bonds is 11. The van der Waals surface area contributed by atoms with E-state index in [-0.39, 0.29) is 23.9 Å². The van der Waals surface area contributed by atoms with Crippen LogP contribution in [0.4, 0.5) is 0 Å². The zero-order valence-electron chi connectivity index (χ0n) is 15.8. The lowest BCUT2D eigenvalue weighted by atomic mass is 10.1. The molecule has 4 atom stereocenters. The number of methoxy groups -OCH3 is 2. The highest BCUT2D eigenvalue weighted by Gasteiger charge is 2.32. The summed E-state index contributed by atoms with van der Waals surface area (Å²) in [5.74, 6) is -0.859. The van der Waals surface area contributed by atoms with E-state index in [4.69, 9.17) is 24.1 Å². The summed E-state index contributed by atoms with van der Waals surface area (Å²) >= 11 is 0. The fourth-order valence-electron chi connectivity index (χ4n) is 2.15. The summed E-state index contributed by atoms with van der Waals surface area (Å²) in [5.41, 5.74) is 0.445. The minimum atomic E-state index is -1.74. The van der Waals surface area contributed by atoms with E-state index in [0.717, 1.165) is 6.08 Å². The van der Waals surface area contributed by atoms with Crippen LogP contribution < -0.4 is 9.47 Å². The number of carbonyl (C=O) groups excluding carboxylic acids is 1. The summed E-state index contributed by atoms with van der Waals surface area (Å²) in [4.78, 5) is 12.0. The minimum Gasteiger partial charge on any atom is -0.502 e. The number of aliphatic hydroxyl groups excluding tert-OH is 4. The molecule has 4 unspecified atom stereocenters. The standard InChI is InChI=1S/C18H26O10/c1-10(20)15(22)17(24)18(27-7-6-19)28-14(21)5-4-11-8-12(25-2)16(23)13(9-11)26-3/h4-5,8-10,15,17-20,22-24H,6-7H2,1-3H3/b5-4+. The van der Waals surface area contributed by atoms with Gasteiger partial charge in [0.25, 0.3) is 0 Å². The van der Waals surface area contributed by atoms with E-state index in [2.05, 4.69) is 0 Å². The molecule has 0 aliphatic heterocycles. The molecule has 1 aromatic carbocycles. The molecular formula is C18H26O10. The van der Waals surface area contributed by atoms with E-state index in [1.165, 1.54) is 39.4 Å². The van der Waals surface area contributed by atoms with Crippen LogP contribution in [0.1, 0.15) is 12.5 Å². The van der Waals surface area contributed by atoms with Crippen molar-refractivity contribution in [1.82, 2.24) is 0 Å². The van der Waals surface area contributed by atoms with Crippen molar-refractivity contribution < 1.29 is 49.3 Å². The number of hydrogen-bond donors (Lipinski definition) is 5. The summed E-state index contributed by atoms with van der Waals surface area (Å²) in [6.45, 7) is 0.566. The van der Waals surface area contributed by atoms with Gasteiger partial charge in [0.15, 0.2) is 11.5 Å². The third-order valence-corrected chi connectivity index (χ3v) is 3.64. The molecule has 0 saturated carbocycles. The molecule has 1 aromatic rings. The molecule has 0 spiro atoms. The highest BCUT2D eigenvalue weighted by molar-refractivity contribution is 5.87. The highest BCUT2D eigenvalue weighted by Crippen LogP contribution is 2.37. The van der Waals surface area contributed by atoms with Gasteiger partial charge in [-0.1, -0.05) is 0 Å². The summed E-state index contributed by atoms with van der Waals surface area (Å²) in [6, 6.07) is 2.90. The third kappa shape index (κ3) is 6.66. The van der Waals surface area contributed by atoms with E-state index in [0.29, 0.717) is 5.56 Å². The quantitative estimate of drug-likeness (QED) is 0.184. The van der Waals surface area contributed by atoms with Crippen LogP contribution >= 0.6 is 0 Å². The van der Waals surface area contributed by atoms with Crippen molar-refractivity contribution in [2.24, 2.45) is 0 Å². The normalized spacial score (nSPS) is 15.7. The average molecular weight is 402 g/mol. The molecule has 0 aromatic heterocycles. The van der Waals surface area contributed by atoms with Crippen LogP contribution in [0.15, 0.2) is 18.2 Å². The first kappa shape index (κ1) is 23.7. The van der Waals surface area contributed by atoms with E-state index in [1.807, 2.05) is 0 Å². The van der Waals surface area contributed by atoms with Crippen molar-refractivity contribution in [3.05, 3.63) is 23.8 Å². The highest BCUT2D eigenvalue weighted by atomic mass is 16.7. The van der Waals surface area contributed by atoms with Crippen molar-refractivity contribution >= 4 is 12.0 Å². The van der Waals surface area contributed by atoms with Crippen molar-refractivity contribution in [3.8, 4) is 17.2 Å². The zero-order chi connectivity index (χ0) is 21.3. The molecular weight excluding hydrogens is 376 g/mol. The van der Waals surface area contributed by atoms with E-state index >= 15 is 0 Å². The second-order valence-corrected chi connectivity index (χ2v) is 5.73. The van der Waals surface area contributed by atoms with Crippen LogP contribution in [-0.4, -0.2) is 83.5 Å². The van der Waals surface area contributed by atoms with Gasteiger partial charge in [0.2, 0.25) is 12.0 Å². The Bertz CT molecular complexity index is 633. The molecule has 0 aliphatic rings. The van der Waals surface area contributed by atoms with Gasteiger partial charge in [-0.15, -0.1) is 0 Å². The molecule has 28 heavy (non-hydrogen) atoms. The lowest BCUT2D eigenvalue weighted by molar-refractivity contribution is -0.222. The van der Waals surface area contributed by atoms with Crippen LogP contribution in [0, 0.1) is 0 Å². The molecule has 0 amide bonds. The Morgan fingerprint density at radius 3 is 2.14 bits per heavy atom. The lowest BCUT2D eigenvalue weighted by Gasteiger charge is -2.27. The molecule has 0 fully saturated rings. The predicted molar refractivity (Wildman–Crippen MR) is 96.9 cm³/mol.